The van der Waals surface area contributed by atoms with Crippen LogP contribution in [0.15, 0.2) is 12.2 Å². The van der Waals surface area contributed by atoms with Crippen molar-refractivity contribution in [2.24, 2.45) is 17.3 Å². The number of carbonyl (C=O) groups is 1. The van der Waals surface area contributed by atoms with Gasteiger partial charge in [-0.1, -0.05) is 19.9 Å². The molecule has 1 rings (SSSR count). The second-order valence-corrected chi connectivity index (χ2v) is 3.99. The maximum atomic E-state index is 10.8. The van der Waals surface area contributed by atoms with Crippen molar-refractivity contribution in [1.29, 1.82) is 5.26 Å². The second-order valence-electron chi connectivity index (χ2n) is 3.62. The first-order valence-electron chi connectivity index (χ1n) is 3.77. The van der Waals surface area contributed by atoms with Crippen LogP contribution in [-0.2, 0) is 4.79 Å². The third-order valence-electron chi connectivity index (χ3n) is 2.53. The van der Waals surface area contributed by atoms with Gasteiger partial charge in [0.1, 0.15) is 0 Å². The van der Waals surface area contributed by atoms with Crippen LogP contribution in [0.25, 0.3) is 0 Å². The Morgan fingerprint density at radius 1 is 1.67 bits per heavy atom. The first-order valence-corrected chi connectivity index (χ1v) is 4.15. The highest BCUT2D eigenvalue weighted by Gasteiger charge is 2.59. The minimum atomic E-state index is -0.299. The minimum absolute atomic E-state index is 0.0633. The molecule has 0 radical (unpaired) electrons. The van der Waals surface area contributed by atoms with Crippen LogP contribution in [0.5, 0.6) is 0 Å². The summed E-state index contributed by atoms with van der Waals surface area (Å²) in [4.78, 5) is 10.8. The Bertz CT molecular complexity index is 275. The van der Waals surface area contributed by atoms with E-state index in [1.165, 1.54) is 6.08 Å². The van der Waals surface area contributed by atoms with Crippen molar-refractivity contribution < 1.29 is 4.79 Å². The largest absolute Gasteiger partial charge is 0.281 e. The molecule has 0 bridgehead atoms. The molecule has 0 N–H and O–H groups in total. The molecule has 0 aromatic heterocycles. The highest BCUT2D eigenvalue weighted by Crippen LogP contribution is 2.59. The summed E-state index contributed by atoms with van der Waals surface area (Å²) in [5, 5.41) is 7.98. The number of hydrogen-bond acceptors (Lipinski definition) is 2. The van der Waals surface area contributed by atoms with Gasteiger partial charge in [-0.15, -0.1) is 0 Å². The molecule has 0 amide bonds. The van der Waals surface area contributed by atoms with E-state index < -0.39 is 0 Å². The number of hydrogen-bond donors (Lipinski definition) is 0. The molecule has 0 spiro atoms. The van der Waals surface area contributed by atoms with E-state index in [1.54, 1.807) is 6.08 Å². The van der Waals surface area contributed by atoms with E-state index in [1.807, 2.05) is 19.9 Å². The number of nitriles is 1. The number of rotatable bonds is 2. The summed E-state index contributed by atoms with van der Waals surface area (Å²) in [6.07, 6.45) is 3.16. The standard InChI is InChI=1S/C9H10ClNO/c1-9(2)6(4-3-5-11)7(9)8(10)12/h3-4,6-7H,1-2H3/t6-,7-/m0/s1. The third-order valence-corrected chi connectivity index (χ3v) is 2.77. The van der Waals surface area contributed by atoms with Gasteiger partial charge >= 0.3 is 0 Å². The van der Waals surface area contributed by atoms with E-state index in [-0.39, 0.29) is 22.5 Å². The Morgan fingerprint density at radius 2 is 2.25 bits per heavy atom. The first kappa shape index (κ1) is 9.28. The predicted molar refractivity (Wildman–Crippen MR) is 46.4 cm³/mol. The number of allylic oxidation sites excluding steroid dienone is 2. The van der Waals surface area contributed by atoms with E-state index in [0.717, 1.165) is 0 Å². The fraction of sp³-hybridized carbons (Fsp3) is 0.556. The Morgan fingerprint density at radius 3 is 2.58 bits per heavy atom. The fourth-order valence-corrected chi connectivity index (χ4v) is 2.03. The summed E-state index contributed by atoms with van der Waals surface area (Å²) < 4.78 is 0. The summed E-state index contributed by atoms with van der Waals surface area (Å²) in [7, 11) is 0. The van der Waals surface area contributed by atoms with Gasteiger partial charge in [-0.25, -0.2) is 0 Å². The molecule has 0 unspecified atom stereocenters. The molecular weight excluding hydrogens is 174 g/mol. The highest BCUT2D eigenvalue weighted by molar-refractivity contribution is 6.64. The predicted octanol–water partition coefficient (Wildman–Crippen LogP) is 2.10. The number of halogens is 1. The summed E-state index contributed by atoms with van der Waals surface area (Å²) in [6.45, 7) is 3.95. The monoisotopic (exact) mass is 183 g/mol. The Hall–Kier alpha value is -0.810. The fourth-order valence-electron chi connectivity index (χ4n) is 1.62. The number of carbonyl (C=O) groups excluding carboxylic acids is 1. The van der Waals surface area contributed by atoms with Gasteiger partial charge in [0.15, 0.2) is 0 Å². The van der Waals surface area contributed by atoms with Crippen molar-refractivity contribution in [3.63, 3.8) is 0 Å². The van der Waals surface area contributed by atoms with Gasteiger partial charge in [0.05, 0.1) is 6.07 Å². The summed E-state index contributed by atoms with van der Waals surface area (Å²) >= 11 is 5.38. The molecule has 0 aliphatic heterocycles. The average molecular weight is 184 g/mol. The van der Waals surface area contributed by atoms with Crippen LogP contribution in [0, 0.1) is 28.6 Å². The van der Waals surface area contributed by atoms with Crippen LogP contribution in [0.3, 0.4) is 0 Å². The van der Waals surface area contributed by atoms with Crippen molar-refractivity contribution in [2.45, 2.75) is 13.8 Å². The van der Waals surface area contributed by atoms with Crippen LogP contribution in [-0.4, -0.2) is 5.24 Å². The quantitative estimate of drug-likeness (QED) is 0.486. The molecule has 12 heavy (non-hydrogen) atoms. The molecule has 1 aliphatic rings. The van der Waals surface area contributed by atoms with Gasteiger partial charge in [-0.3, -0.25) is 4.79 Å². The Kier molecular flexibility index (Phi) is 2.25. The van der Waals surface area contributed by atoms with E-state index >= 15 is 0 Å². The van der Waals surface area contributed by atoms with Gasteiger partial charge < -0.3 is 0 Å². The van der Waals surface area contributed by atoms with Gasteiger partial charge in [0, 0.05) is 12.0 Å². The maximum Gasteiger partial charge on any atom is 0.225 e. The molecule has 2 nitrogen and oxygen atoms in total. The molecule has 0 heterocycles. The van der Waals surface area contributed by atoms with Gasteiger partial charge in [0.25, 0.3) is 0 Å². The van der Waals surface area contributed by atoms with Crippen molar-refractivity contribution in [2.75, 3.05) is 0 Å². The summed E-state index contributed by atoms with van der Waals surface area (Å²) in [6, 6.07) is 1.90. The normalized spacial score (nSPS) is 31.5. The van der Waals surface area contributed by atoms with Crippen molar-refractivity contribution in [1.82, 2.24) is 0 Å². The zero-order valence-electron chi connectivity index (χ0n) is 7.04. The Balaban J connectivity index is 2.68. The van der Waals surface area contributed by atoms with Crippen molar-refractivity contribution >= 4 is 16.8 Å². The minimum Gasteiger partial charge on any atom is -0.281 e. The van der Waals surface area contributed by atoms with Crippen LogP contribution in [0.2, 0.25) is 0 Å². The lowest BCUT2D eigenvalue weighted by molar-refractivity contribution is -0.113. The van der Waals surface area contributed by atoms with Gasteiger partial charge in [0.2, 0.25) is 5.24 Å². The highest BCUT2D eigenvalue weighted by atomic mass is 35.5. The van der Waals surface area contributed by atoms with Crippen LogP contribution >= 0.6 is 11.6 Å². The third kappa shape index (κ3) is 1.37. The zero-order valence-corrected chi connectivity index (χ0v) is 7.80. The molecule has 64 valence electrons. The first-order chi connectivity index (χ1) is 5.51. The number of nitrogens with zero attached hydrogens (tertiary/aromatic N) is 1. The lowest BCUT2D eigenvalue weighted by atomic mass is 10.1. The molecule has 0 saturated heterocycles. The molecule has 1 fully saturated rings. The SMILES string of the molecule is CC1(C)[C@H](C(=O)Cl)[C@@H]1C=CC#N. The zero-order chi connectivity index (χ0) is 9.35. The molecule has 3 heteroatoms. The molecule has 0 aromatic rings. The smallest absolute Gasteiger partial charge is 0.225 e. The van der Waals surface area contributed by atoms with Crippen molar-refractivity contribution in [3.8, 4) is 6.07 Å². The van der Waals surface area contributed by atoms with E-state index in [9.17, 15) is 4.79 Å². The molecule has 1 saturated carbocycles. The summed E-state index contributed by atoms with van der Waals surface area (Å²) in [5.41, 5.74) is -0.0633. The van der Waals surface area contributed by atoms with E-state index in [2.05, 4.69) is 0 Å². The lowest BCUT2D eigenvalue weighted by Gasteiger charge is -1.95. The van der Waals surface area contributed by atoms with Crippen LogP contribution in [0.1, 0.15) is 13.8 Å². The molecule has 1 aliphatic carbocycles. The average Bonchev–Trinajstić information content (AvgIpc) is 2.49. The van der Waals surface area contributed by atoms with Crippen LogP contribution < -0.4 is 0 Å². The lowest BCUT2D eigenvalue weighted by Crippen LogP contribution is -1.96. The maximum absolute atomic E-state index is 10.8. The topological polar surface area (TPSA) is 40.9 Å². The van der Waals surface area contributed by atoms with E-state index in [4.69, 9.17) is 16.9 Å². The van der Waals surface area contributed by atoms with Crippen molar-refractivity contribution in [3.05, 3.63) is 12.2 Å². The Labute approximate surface area is 76.8 Å². The molecular formula is C9H10ClNO. The second kappa shape index (κ2) is 2.91. The summed E-state index contributed by atoms with van der Waals surface area (Å²) in [5.74, 6) is 0.0333. The van der Waals surface area contributed by atoms with Gasteiger partial charge in [-0.05, 0) is 22.9 Å². The molecule has 0 aromatic carbocycles. The van der Waals surface area contributed by atoms with Gasteiger partial charge in [-0.2, -0.15) is 5.26 Å². The van der Waals surface area contributed by atoms with Crippen LogP contribution in [0.4, 0.5) is 0 Å². The van der Waals surface area contributed by atoms with E-state index in [0.29, 0.717) is 0 Å². The molecule has 2 atom stereocenters.